The Labute approximate surface area is 129 Å². The Hall–Kier alpha value is -2.15. The van der Waals surface area contributed by atoms with Crippen molar-refractivity contribution in [2.24, 2.45) is 7.05 Å². The molecular weight excluding hydrogens is 282 g/mol. The maximum absolute atomic E-state index is 6.02. The number of anilines is 1. The van der Waals surface area contributed by atoms with Crippen LogP contribution in [0.2, 0.25) is 0 Å². The molecule has 0 amide bonds. The molecular formula is C15H21N5O2. The van der Waals surface area contributed by atoms with E-state index in [2.05, 4.69) is 26.9 Å². The fraction of sp³-hybridized carbons (Fsp3) is 0.533. The van der Waals surface area contributed by atoms with E-state index in [1.54, 1.807) is 4.68 Å². The highest BCUT2D eigenvalue weighted by Crippen LogP contribution is 2.31. The van der Waals surface area contributed by atoms with Crippen molar-refractivity contribution in [3.63, 3.8) is 0 Å². The second kappa shape index (κ2) is 5.92. The van der Waals surface area contributed by atoms with Crippen molar-refractivity contribution in [2.45, 2.75) is 19.4 Å². The van der Waals surface area contributed by atoms with Gasteiger partial charge in [-0.05, 0) is 13.8 Å². The van der Waals surface area contributed by atoms with Gasteiger partial charge in [-0.2, -0.15) is 5.10 Å². The molecule has 3 rings (SSSR count). The first-order chi connectivity index (χ1) is 10.6. The normalized spacial score (nSPS) is 21.9. The van der Waals surface area contributed by atoms with Crippen LogP contribution in [-0.2, 0) is 17.4 Å². The molecule has 1 atom stereocenters. The minimum atomic E-state index is -0.400. The Morgan fingerprint density at radius 1 is 1.41 bits per heavy atom. The molecule has 0 radical (unpaired) electrons. The lowest BCUT2D eigenvalue weighted by molar-refractivity contribution is -0.0468. The summed E-state index contributed by atoms with van der Waals surface area (Å²) in [5.74, 6) is 1.46. The lowest BCUT2D eigenvalue weighted by Crippen LogP contribution is -2.48. The molecule has 118 valence electrons. The first kappa shape index (κ1) is 14.8. The van der Waals surface area contributed by atoms with E-state index in [0.717, 1.165) is 17.9 Å². The number of rotatable bonds is 4. The van der Waals surface area contributed by atoms with Crippen LogP contribution in [0.4, 0.5) is 5.82 Å². The molecule has 0 N–H and O–H groups in total. The van der Waals surface area contributed by atoms with Gasteiger partial charge in [0, 0.05) is 31.4 Å². The van der Waals surface area contributed by atoms with Gasteiger partial charge in [-0.1, -0.05) is 0 Å². The van der Waals surface area contributed by atoms with Gasteiger partial charge in [-0.25, -0.2) is 9.97 Å². The van der Waals surface area contributed by atoms with Crippen molar-refractivity contribution >= 4 is 5.82 Å². The average molecular weight is 303 g/mol. The lowest BCUT2D eigenvalue weighted by Gasteiger charge is -2.40. The predicted molar refractivity (Wildman–Crippen MR) is 81.9 cm³/mol. The van der Waals surface area contributed by atoms with Gasteiger partial charge in [0.05, 0.1) is 26.0 Å². The number of nitrogens with zero attached hydrogens (tertiary/aromatic N) is 5. The average Bonchev–Trinajstić information content (AvgIpc) is 2.95. The largest absolute Gasteiger partial charge is 0.478 e. The summed E-state index contributed by atoms with van der Waals surface area (Å²) in [6.45, 7) is 6.75. The molecule has 1 aliphatic rings. The summed E-state index contributed by atoms with van der Waals surface area (Å²) in [4.78, 5) is 10.7. The molecule has 3 heterocycles. The molecule has 0 saturated carbocycles. The summed E-state index contributed by atoms with van der Waals surface area (Å²) in [7, 11) is 1.91. The highest BCUT2D eigenvalue weighted by molar-refractivity contribution is 5.42. The molecule has 0 unspecified atom stereocenters. The Kier molecular flexibility index (Phi) is 3.98. The Morgan fingerprint density at radius 2 is 2.27 bits per heavy atom. The lowest BCUT2D eigenvalue weighted by atomic mass is 9.97. The van der Waals surface area contributed by atoms with Crippen LogP contribution in [0.5, 0.6) is 5.88 Å². The van der Waals surface area contributed by atoms with Crippen molar-refractivity contribution in [3.8, 4) is 5.88 Å². The molecule has 1 saturated heterocycles. The fourth-order valence-corrected chi connectivity index (χ4v) is 2.66. The highest BCUT2D eigenvalue weighted by Gasteiger charge is 2.35. The number of hydrogen-bond donors (Lipinski definition) is 0. The molecule has 0 aromatic carbocycles. The van der Waals surface area contributed by atoms with E-state index in [1.807, 2.05) is 32.4 Å². The van der Waals surface area contributed by atoms with Crippen LogP contribution in [0.1, 0.15) is 19.4 Å². The van der Waals surface area contributed by atoms with Crippen LogP contribution >= 0.6 is 0 Å². The van der Waals surface area contributed by atoms with E-state index < -0.39 is 5.60 Å². The zero-order chi connectivity index (χ0) is 15.6. The topological polar surface area (TPSA) is 65.3 Å². The molecule has 0 bridgehead atoms. The van der Waals surface area contributed by atoms with Gasteiger partial charge >= 0.3 is 0 Å². The summed E-state index contributed by atoms with van der Waals surface area (Å²) in [6.07, 6.45) is 5.39. The zero-order valence-corrected chi connectivity index (χ0v) is 13.2. The minimum absolute atomic E-state index is 0.400. The quantitative estimate of drug-likeness (QED) is 0.850. The standard InChI is InChI=1S/C15H21N5O2/c1-4-21-14-7-13(16-11-17-14)20-5-6-22-15(2,10-20)12-8-18-19(3)9-12/h7-9,11H,4-6,10H2,1-3H3/t15-/m0/s1. The first-order valence-corrected chi connectivity index (χ1v) is 7.43. The van der Waals surface area contributed by atoms with Gasteiger partial charge in [0.25, 0.3) is 0 Å². The van der Waals surface area contributed by atoms with Gasteiger partial charge in [0.15, 0.2) is 0 Å². The summed E-state index contributed by atoms with van der Waals surface area (Å²) < 4.78 is 13.3. The van der Waals surface area contributed by atoms with Gasteiger partial charge in [0.2, 0.25) is 5.88 Å². The van der Waals surface area contributed by atoms with Crippen LogP contribution in [0.25, 0.3) is 0 Å². The van der Waals surface area contributed by atoms with E-state index in [1.165, 1.54) is 6.33 Å². The van der Waals surface area contributed by atoms with Crippen molar-refractivity contribution in [1.82, 2.24) is 19.7 Å². The summed E-state index contributed by atoms with van der Waals surface area (Å²) in [5, 5.41) is 4.25. The molecule has 2 aromatic rings. The number of ether oxygens (including phenoxy) is 2. The third-order valence-corrected chi connectivity index (χ3v) is 3.83. The van der Waals surface area contributed by atoms with Crippen LogP contribution in [0.15, 0.2) is 24.8 Å². The third-order valence-electron chi connectivity index (χ3n) is 3.83. The molecule has 7 heteroatoms. The van der Waals surface area contributed by atoms with Crippen molar-refractivity contribution in [3.05, 3.63) is 30.4 Å². The molecule has 0 aliphatic carbocycles. The van der Waals surface area contributed by atoms with E-state index in [9.17, 15) is 0 Å². The van der Waals surface area contributed by atoms with Crippen LogP contribution < -0.4 is 9.64 Å². The Bertz CT molecular complexity index is 644. The second-order valence-corrected chi connectivity index (χ2v) is 5.55. The number of aryl methyl sites for hydroxylation is 1. The van der Waals surface area contributed by atoms with Crippen molar-refractivity contribution < 1.29 is 9.47 Å². The predicted octanol–water partition coefficient (Wildman–Crippen LogP) is 1.36. The van der Waals surface area contributed by atoms with Gasteiger partial charge in [0.1, 0.15) is 17.7 Å². The summed E-state index contributed by atoms with van der Waals surface area (Å²) in [6, 6.07) is 1.87. The highest BCUT2D eigenvalue weighted by atomic mass is 16.5. The second-order valence-electron chi connectivity index (χ2n) is 5.55. The van der Waals surface area contributed by atoms with Gasteiger partial charge in [-0.15, -0.1) is 0 Å². The van der Waals surface area contributed by atoms with Crippen molar-refractivity contribution in [1.29, 1.82) is 0 Å². The van der Waals surface area contributed by atoms with Crippen LogP contribution in [-0.4, -0.2) is 46.1 Å². The maximum Gasteiger partial charge on any atom is 0.218 e. The molecule has 2 aromatic heterocycles. The fourth-order valence-electron chi connectivity index (χ4n) is 2.66. The van der Waals surface area contributed by atoms with Crippen LogP contribution in [0, 0.1) is 0 Å². The third kappa shape index (κ3) is 2.89. The van der Waals surface area contributed by atoms with E-state index in [4.69, 9.17) is 9.47 Å². The first-order valence-electron chi connectivity index (χ1n) is 7.43. The smallest absolute Gasteiger partial charge is 0.218 e. The number of hydrogen-bond acceptors (Lipinski definition) is 6. The number of aromatic nitrogens is 4. The SMILES string of the molecule is CCOc1cc(N2CCO[C@](C)(c3cnn(C)c3)C2)ncn1. The minimum Gasteiger partial charge on any atom is -0.478 e. The molecule has 1 aliphatic heterocycles. The van der Waals surface area contributed by atoms with E-state index >= 15 is 0 Å². The summed E-state index contributed by atoms with van der Waals surface area (Å²) >= 11 is 0. The molecule has 22 heavy (non-hydrogen) atoms. The molecule has 7 nitrogen and oxygen atoms in total. The molecule has 1 fully saturated rings. The monoisotopic (exact) mass is 303 g/mol. The summed E-state index contributed by atoms with van der Waals surface area (Å²) in [5.41, 5.74) is 0.669. The number of morpholine rings is 1. The van der Waals surface area contributed by atoms with E-state index in [0.29, 0.717) is 25.6 Å². The van der Waals surface area contributed by atoms with E-state index in [-0.39, 0.29) is 0 Å². The van der Waals surface area contributed by atoms with Gasteiger partial charge in [-0.3, -0.25) is 4.68 Å². The Balaban J connectivity index is 1.82. The van der Waals surface area contributed by atoms with Crippen LogP contribution in [0.3, 0.4) is 0 Å². The van der Waals surface area contributed by atoms with Gasteiger partial charge < -0.3 is 14.4 Å². The van der Waals surface area contributed by atoms with Crippen molar-refractivity contribution in [2.75, 3.05) is 31.2 Å². The Morgan fingerprint density at radius 3 is 3.00 bits per heavy atom. The zero-order valence-electron chi connectivity index (χ0n) is 13.2. The molecule has 0 spiro atoms. The maximum atomic E-state index is 6.02.